The minimum atomic E-state index is -0.462. The van der Waals surface area contributed by atoms with Crippen molar-refractivity contribution in [2.45, 2.75) is 13.0 Å². The monoisotopic (exact) mass is 266 g/mol. The molecule has 1 aromatic heterocycles. The fourth-order valence-electron chi connectivity index (χ4n) is 1.43. The van der Waals surface area contributed by atoms with Crippen molar-refractivity contribution in [1.82, 2.24) is 9.55 Å². The standard InChI is InChI=1S/C11H11BrN2O/c1-8(15)10-3-2-9(6-11(10)12)14-5-4-13-7-14/h2-8,15H,1H3/t8-/m1/s1. The average Bonchev–Trinajstić information content (AvgIpc) is 2.69. The molecule has 0 radical (unpaired) electrons. The number of hydrogen-bond acceptors (Lipinski definition) is 2. The molecule has 0 spiro atoms. The van der Waals surface area contributed by atoms with Crippen molar-refractivity contribution in [1.29, 1.82) is 0 Å². The van der Waals surface area contributed by atoms with Gasteiger partial charge < -0.3 is 9.67 Å². The molecule has 0 unspecified atom stereocenters. The Morgan fingerprint density at radius 3 is 2.80 bits per heavy atom. The highest BCUT2D eigenvalue weighted by molar-refractivity contribution is 9.10. The zero-order valence-electron chi connectivity index (χ0n) is 8.26. The van der Waals surface area contributed by atoms with Crippen molar-refractivity contribution in [2.24, 2.45) is 0 Å². The molecule has 15 heavy (non-hydrogen) atoms. The Balaban J connectivity index is 2.42. The van der Waals surface area contributed by atoms with Gasteiger partial charge in [-0.05, 0) is 24.6 Å². The van der Waals surface area contributed by atoms with Gasteiger partial charge in [-0.3, -0.25) is 0 Å². The van der Waals surface area contributed by atoms with Crippen LogP contribution in [0.25, 0.3) is 5.69 Å². The zero-order chi connectivity index (χ0) is 10.8. The molecule has 0 saturated carbocycles. The van der Waals surface area contributed by atoms with Crippen LogP contribution in [-0.2, 0) is 0 Å². The molecular weight excluding hydrogens is 256 g/mol. The van der Waals surface area contributed by atoms with Crippen LogP contribution in [0.15, 0.2) is 41.4 Å². The van der Waals surface area contributed by atoms with Crippen LogP contribution in [0, 0.1) is 0 Å². The predicted molar refractivity (Wildman–Crippen MR) is 61.9 cm³/mol. The highest BCUT2D eigenvalue weighted by atomic mass is 79.9. The van der Waals surface area contributed by atoms with Gasteiger partial charge in [-0.15, -0.1) is 0 Å². The summed E-state index contributed by atoms with van der Waals surface area (Å²) in [6.45, 7) is 1.75. The molecule has 0 aliphatic carbocycles. The van der Waals surface area contributed by atoms with Crippen molar-refractivity contribution >= 4 is 15.9 Å². The molecule has 0 aliphatic heterocycles. The number of aromatic nitrogens is 2. The molecule has 1 aromatic carbocycles. The lowest BCUT2D eigenvalue weighted by molar-refractivity contribution is 0.198. The Kier molecular flexibility index (Phi) is 2.88. The maximum atomic E-state index is 9.48. The molecule has 78 valence electrons. The molecule has 2 aromatic rings. The normalized spacial score (nSPS) is 12.7. The Labute approximate surface area is 96.5 Å². The van der Waals surface area contributed by atoms with Gasteiger partial charge in [0.2, 0.25) is 0 Å². The molecular formula is C11H11BrN2O. The Bertz CT molecular complexity index is 452. The molecule has 0 aliphatic rings. The number of aliphatic hydroxyl groups is 1. The van der Waals surface area contributed by atoms with E-state index < -0.39 is 6.10 Å². The van der Waals surface area contributed by atoms with E-state index in [-0.39, 0.29) is 0 Å². The number of benzene rings is 1. The van der Waals surface area contributed by atoms with E-state index in [2.05, 4.69) is 20.9 Å². The van der Waals surface area contributed by atoms with E-state index in [9.17, 15) is 5.11 Å². The van der Waals surface area contributed by atoms with Gasteiger partial charge in [0.05, 0.1) is 12.4 Å². The predicted octanol–water partition coefficient (Wildman–Crippen LogP) is 2.69. The van der Waals surface area contributed by atoms with Crippen LogP contribution in [0.3, 0.4) is 0 Å². The summed E-state index contributed by atoms with van der Waals surface area (Å²) < 4.78 is 2.82. The Morgan fingerprint density at radius 2 is 2.27 bits per heavy atom. The summed E-state index contributed by atoms with van der Waals surface area (Å²) in [5.41, 5.74) is 1.91. The third-order valence-corrected chi connectivity index (χ3v) is 2.92. The maximum Gasteiger partial charge on any atom is 0.0991 e. The second-order valence-electron chi connectivity index (χ2n) is 3.35. The average molecular weight is 267 g/mol. The van der Waals surface area contributed by atoms with Gasteiger partial charge in [-0.25, -0.2) is 4.98 Å². The van der Waals surface area contributed by atoms with E-state index in [1.54, 1.807) is 19.4 Å². The van der Waals surface area contributed by atoms with Crippen LogP contribution < -0.4 is 0 Å². The quantitative estimate of drug-likeness (QED) is 0.908. The van der Waals surface area contributed by atoms with Gasteiger partial charge >= 0.3 is 0 Å². The summed E-state index contributed by atoms with van der Waals surface area (Å²) in [6, 6.07) is 5.82. The van der Waals surface area contributed by atoms with Crippen molar-refractivity contribution in [2.75, 3.05) is 0 Å². The van der Waals surface area contributed by atoms with Crippen molar-refractivity contribution in [3.05, 3.63) is 47.0 Å². The molecule has 1 heterocycles. The van der Waals surface area contributed by atoms with Gasteiger partial charge in [0.1, 0.15) is 0 Å². The van der Waals surface area contributed by atoms with Crippen LogP contribution in [0.5, 0.6) is 0 Å². The van der Waals surface area contributed by atoms with Crippen molar-refractivity contribution in [3.8, 4) is 5.69 Å². The highest BCUT2D eigenvalue weighted by Gasteiger charge is 2.06. The van der Waals surface area contributed by atoms with E-state index in [1.165, 1.54) is 0 Å². The third kappa shape index (κ3) is 2.11. The second kappa shape index (κ2) is 4.16. The molecule has 1 atom stereocenters. The molecule has 0 fully saturated rings. The number of imidazole rings is 1. The number of aliphatic hydroxyl groups excluding tert-OH is 1. The van der Waals surface area contributed by atoms with Gasteiger partial charge in [-0.1, -0.05) is 22.0 Å². The summed E-state index contributed by atoms with van der Waals surface area (Å²) >= 11 is 3.44. The third-order valence-electron chi connectivity index (χ3n) is 2.24. The second-order valence-corrected chi connectivity index (χ2v) is 4.21. The molecule has 0 saturated heterocycles. The lowest BCUT2D eigenvalue weighted by atomic mass is 10.1. The Morgan fingerprint density at radius 1 is 1.47 bits per heavy atom. The van der Waals surface area contributed by atoms with Crippen LogP contribution >= 0.6 is 15.9 Å². The van der Waals surface area contributed by atoms with Crippen LogP contribution in [0.4, 0.5) is 0 Å². The van der Waals surface area contributed by atoms with Crippen molar-refractivity contribution in [3.63, 3.8) is 0 Å². The molecule has 4 heteroatoms. The number of halogens is 1. The molecule has 2 rings (SSSR count). The zero-order valence-corrected chi connectivity index (χ0v) is 9.85. The molecule has 0 amide bonds. The topological polar surface area (TPSA) is 38.0 Å². The summed E-state index contributed by atoms with van der Waals surface area (Å²) in [5.74, 6) is 0. The minimum absolute atomic E-state index is 0.462. The van der Waals surface area contributed by atoms with E-state index in [0.717, 1.165) is 15.7 Å². The van der Waals surface area contributed by atoms with Gasteiger partial charge in [-0.2, -0.15) is 0 Å². The summed E-state index contributed by atoms with van der Waals surface area (Å²) in [6.07, 6.45) is 4.89. The highest BCUT2D eigenvalue weighted by Crippen LogP contribution is 2.25. The first kappa shape index (κ1) is 10.4. The van der Waals surface area contributed by atoms with E-state index in [1.807, 2.05) is 29.0 Å². The van der Waals surface area contributed by atoms with Gasteiger partial charge in [0.25, 0.3) is 0 Å². The Hall–Kier alpha value is -1.13. The van der Waals surface area contributed by atoms with Gasteiger partial charge in [0, 0.05) is 22.6 Å². The summed E-state index contributed by atoms with van der Waals surface area (Å²) in [4.78, 5) is 3.98. The molecule has 3 nitrogen and oxygen atoms in total. The van der Waals surface area contributed by atoms with Gasteiger partial charge in [0.15, 0.2) is 0 Å². The summed E-state index contributed by atoms with van der Waals surface area (Å²) in [7, 11) is 0. The largest absolute Gasteiger partial charge is 0.389 e. The first-order chi connectivity index (χ1) is 7.18. The van der Waals surface area contributed by atoms with Crippen LogP contribution in [0.1, 0.15) is 18.6 Å². The lowest BCUT2D eigenvalue weighted by Crippen LogP contribution is -1.95. The smallest absolute Gasteiger partial charge is 0.0991 e. The van der Waals surface area contributed by atoms with Crippen molar-refractivity contribution < 1.29 is 5.11 Å². The number of rotatable bonds is 2. The fraction of sp³-hybridized carbons (Fsp3) is 0.182. The lowest BCUT2D eigenvalue weighted by Gasteiger charge is -2.09. The first-order valence-electron chi connectivity index (χ1n) is 4.64. The van der Waals surface area contributed by atoms with Crippen LogP contribution in [-0.4, -0.2) is 14.7 Å². The number of hydrogen-bond donors (Lipinski definition) is 1. The first-order valence-corrected chi connectivity index (χ1v) is 5.43. The molecule has 0 bridgehead atoms. The minimum Gasteiger partial charge on any atom is -0.389 e. The maximum absolute atomic E-state index is 9.48. The van der Waals surface area contributed by atoms with Crippen LogP contribution in [0.2, 0.25) is 0 Å². The van der Waals surface area contributed by atoms with E-state index >= 15 is 0 Å². The van der Waals surface area contributed by atoms with E-state index in [4.69, 9.17) is 0 Å². The molecule has 1 N–H and O–H groups in total. The SMILES string of the molecule is C[C@@H](O)c1ccc(-n2ccnc2)cc1Br. The fourth-order valence-corrected chi connectivity index (χ4v) is 2.13. The van der Waals surface area contributed by atoms with E-state index in [0.29, 0.717) is 0 Å². The summed E-state index contributed by atoms with van der Waals surface area (Å²) in [5, 5.41) is 9.48. The number of nitrogens with zero attached hydrogens (tertiary/aromatic N) is 2.